The molecule has 0 bridgehead atoms. The van der Waals surface area contributed by atoms with E-state index in [-0.39, 0.29) is 11.0 Å². The standard InChI is InChI=1S/C19H24N2O4S/c1-14(25-16-10-4-2-3-5-11-16)19(22)21-26(23,24)17-12-6-8-15-9-7-13-20-18(15)17/h6-9,12-14,16H,2-5,10-11H2,1H3,(H,21,22). The summed E-state index contributed by atoms with van der Waals surface area (Å²) in [6, 6.07) is 8.37. The summed E-state index contributed by atoms with van der Waals surface area (Å²) >= 11 is 0. The Labute approximate surface area is 154 Å². The van der Waals surface area contributed by atoms with E-state index in [1.165, 1.54) is 25.1 Å². The van der Waals surface area contributed by atoms with Crippen molar-refractivity contribution in [2.45, 2.75) is 62.6 Å². The summed E-state index contributed by atoms with van der Waals surface area (Å²) in [5.41, 5.74) is 0.340. The van der Waals surface area contributed by atoms with E-state index in [1.807, 2.05) is 0 Å². The third kappa shape index (κ3) is 4.40. The number of hydrogen-bond acceptors (Lipinski definition) is 5. The first-order chi connectivity index (χ1) is 12.5. The number of hydrogen-bond donors (Lipinski definition) is 1. The zero-order valence-corrected chi connectivity index (χ0v) is 15.7. The van der Waals surface area contributed by atoms with Crippen molar-refractivity contribution >= 4 is 26.8 Å². The first-order valence-electron chi connectivity index (χ1n) is 9.03. The second-order valence-corrected chi connectivity index (χ2v) is 8.34. The highest BCUT2D eigenvalue weighted by atomic mass is 32.2. The molecule has 1 aromatic heterocycles. The Morgan fingerprint density at radius 2 is 1.85 bits per heavy atom. The Kier molecular flexibility index (Phi) is 5.88. The minimum absolute atomic E-state index is 0.00869. The van der Waals surface area contributed by atoms with Crippen LogP contribution in [0.1, 0.15) is 45.4 Å². The number of carbonyl (C=O) groups is 1. The molecule has 1 unspecified atom stereocenters. The van der Waals surface area contributed by atoms with Crippen molar-refractivity contribution in [1.82, 2.24) is 9.71 Å². The van der Waals surface area contributed by atoms with Crippen LogP contribution in [0.2, 0.25) is 0 Å². The molecule has 1 aromatic carbocycles. The van der Waals surface area contributed by atoms with Crippen molar-refractivity contribution < 1.29 is 17.9 Å². The van der Waals surface area contributed by atoms with E-state index in [0.29, 0.717) is 10.9 Å². The first kappa shape index (κ1) is 18.8. The molecule has 0 spiro atoms. The number of sulfonamides is 1. The molecule has 1 saturated carbocycles. The summed E-state index contributed by atoms with van der Waals surface area (Å²) in [5, 5.41) is 0.700. The summed E-state index contributed by atoms with van der Waals surface area (Å²) in [4.78, 5) is 16.5. The predicted molar refractivity (Wildman–Crippen MR) is 99.1 cm³/mol. The van der Waals surface area contributed by atoms with Crippen LogP contribution in [0, 0.1) is 0 Å². The van der Waals surface area contributed by atoms with Gasteiger partial charge < -0.3 is 4.74 Å². The highest BCUT2D eigenvalue weighted by Gasteiger charge is 2.26. The maximum Gasteiger partial charge on any atom is 0.266 e. The van der Waals surface area contributed by atoms with Gasteiger partial charge in [-0.05, 0) is 31.9 Å². The van der Waals surface area contributed by atoms with Crippen LogP contribution >= 0.6 is 0 Å². The van der Waals surface area contributed by atoms with Crippen LogP contribution in [0.4, 0.5) is 0 Å². The van der Waals surface area contributed by atoms with Crippen LogP contribution in [0.5, 0.6) is 0 Å². The van der Waals surface area contributed by atoms with Crippen molar-refractivity contribution in [3.05, 3.63) is 36.5 Å². The average molecular weight is 376 g/mol. The molecule has 1 fully saturated rings. The molecule has 7 heteroatoms. The molecule has 0 aliphatic heterocycles. The van der Waals surface area contributed by atoms with Crippen LogP contribution < -0.4 is 4.72 Å². The number of ether oxygens (including phenoxy) is 1. The van der Waals surface area contributed by atoms with Gasteiger partial charge in [0.1, 0.15) is 11.0 Å². The van der Waals surface area contributed by atoms with Gasteiger partial charge in [0.25, 0.3) is 15.9 Å². The lowest BCUT2D eigenvalue weighted by Gasteiger charge is -2.20. The van der Waals surface area contributed by atoms with Crippen LogP contribution in [0.25, 0.3) is 10.9 Å². The third-order valence-corrected chi connectivity index (χ3v) is 6.07. The van der Waals surface area contributed by atoms with Gasteiger partial charge in [0.05, 0.1) is 11.6 Å². The molecule has 140 valence electrons. The molecule has 6 nitrogen and oxygen atoms in total. The van der Waals surface area contributed by atoms with Gasteiger partial charge in [0, 0.05) is 11.6 Å². The van der Waals surface area contributed by atoms with E-state index in [4.69, 9.17) is 4.74 Å². The molecule has 1 aliphatic rings. The molecule has 1 heterocycles. The molecular weight excluding hydrogens is 352 g/mol. The van der Waals surface area contributed by atoms with Gasteiger partial charge in [0.15, 0.2) is 0 Å². The normalized spacial score (nSPS) is 17.6. The Hall–Kier alpha value is -1.99. The number of benzene rings is 1. The summed E-state index contributed by atoms with van der Waals surface area (Å²) in [6.07, 6.45) is 7.08. The van der Waals surface area contributed by atoms with E-state index in [0.717, 1.165) is 25.7 Å². The van der Waals surface area contributed by atoms with Crippen molar-refractivity contribution in [3.63, 3.8) is 0 Å². The number of rotatable bonds is 5. The van der Waals surface area contributed by atoms with Crippen LogP contribution in [0.3, 0.4) is 0 Å². The van der Waals surface area contributed by atoms with Gasteiger partial charge in [-0.1, -0.05) is 43.9 Å². The predicted octanol–water partition coefficient (Wildman–Crippen LogP) is 3.17. The molecule has 1 amide bonds. The Balaban J connectivity index is 1.72. The van der Waals surface area contributed by atoms with Gasteiger partial charge in [0.2, 0.25) is 0 Å². The Bertz CT molecular complexity index is 869. The molecule has 26 heavy (non-hydrogen) atoms. The largest absolute Gasteiger partial charge is 0.365 e. The number of nitrogens with zero attached hydrogens (tertiary/aromatic N) is 1. The van der Waals surface area contributed by atoms with Crippen molar-refractivity contribution in [3.8, 4) is 0 Å². The molecule has 3 rings (SSSR count). The lowest BCUT2D eigenvalue weighted by atomic mass is 10.1. The van der Waals surface area contributed by atoms with Crippen LogP contribution in [0.15, 0.2) is 41.4 Å². The molecule has 2 aromatic rings. The van der Waals surface area contributed by atoms with E-state index in [1.54, 1.807) is 31.2 Å². The lowest BCUT2D eigenvalue weighted by molar-refractivity contribution is -0.133. The summed E-state index contributed by atoms with van der Waals surface area (Å²) in [6.45, 7) is 1.59. The highest BCUT2D eigenvalue weighted by molar-refractivity contribution is 7.90. The van der Waals surface area contributed by atoms with E-state index in [2.05, 4.69) is 9.71 Å². The van der Waals surface area contributed by atoms with Gasteiger partial charge in [-0.2, -0.15) is 0 Å². The number of para-hydroxylation sites is 1. The smallest absolute Gasteiger partial charge is 0.266 e. The SMILES string of the molecule is CC(OC1CCCCCC1)C(=O)NS(=O)(=O)c1cccc2cccnc12. The maximum atomic E-state index is 12.7. The third-order valence-electron chi connectivity index (χ3n) is 4.69. The fourth-order valence-electron chi connectivity index (χ4n) is 3.29. The van der Waals surface area contributed by atoms with Crippen molar-refractivity contribution in [2.75, 3.05) is 0 Å². The van der Waals surface area contributed by atoms with Crippen molar-refractivity contribution in [1.29, 1.82) is 0 Å². The number of nitrogens with one attached hydrogen (secondary N) is 1. The first-order valence-corrected chi connectivity index (χ1v) is 10.5. The second-order valence-electron chi connectivity index (χ2n) is 6.69. The molecular formula is C19H24N2O4S. The topological polar surface area (TPSA) is 85.4 Å². The fourth-order valence-corrected chi connectivity index (χ4v) is 4.52. The minimum atomic E-state index is -4.02. The number of fused-ring (bicyclic) bond motifs is 1. The zero-order valence-electron chi connectivity index (χ0n) is 14.8. The quantitative estimate of drug-likeness (QED) is 0.810. The number of amides is 1. The lowest BCUT2D eigenvalue weighted by Crippen LogP contribution is -2.40. The summed E-state index contributed by atoms with van der Waals surface area (Å²) in [7, 11) is -4.02. The number of pyridine rings is 1. The van der Waals surface area contributed by atoms with Crippen LogP contribution in [-0.2, 0) is 19.6 Å². The number of carbonyl (C=O) groups excluding carboxylic acids is 1. The van der Waals surface area contributed by atoms with E-state index in [9.17, 15) is 13.2 Å². The van der Waals surface area contributed by atoms with Crippen LogP contribution in [-0.4, -0.2) is 31.5 Å². The second kappa shape index (κ2) is 8.14. The van der Waals surface area contributed by atoms with E-state index >= 15 is 0 Å². The van der Waals surface area contributed by atoms with Gasteiger partial charge in [-0.25, -0.2) is 13.1 Å². The van der Waals surface area contributed by atoms with Gasteiger partial charge in [-0.3, -0.25) is 9.78 Å². The summed E-state index contributed by atoms with van der Waals surface area (Å²) in [5.74, 6) is -0.651. The Morgan fingerprint density at radius 1 is 1.15 bits per heavy atom. The molecule has 1 atom stereocenters. The van der Waals surface area contributed by atoms with Crippen molar-refractivity contribution in [2.24, 2.45) is 0 Å². The minimum Gasteiger partial charge on any atom is -0.365 e. The molecule has 0 saturated heterocycles. The maximum absolute atomic E-state index is 12.7. The van der Waals surface area contributed by atoms with Gasteiger partial charge in [-0.15, -0.1) is 0 Å². The summed E-state index contributed by atoms with van der Waals surface area (Å²) < 4.78 is 33.3. The average Bonchev–Trinajstić information content (AvgIpc) is 2.89. The van der Waals surface area contributed by atoms with Gasteiger partial charge >= 0.3 is 0 Å². The molecule has 1 N–H and O–H groups in total. The monoisotopic (exact) mass is 376 g/mol. The fraction of sp³-hybridized carbons (Fsp3) is 0.474. The van der Waals surface area contributed by atoms with E-state index < -0.39 is 22.0 Å². The Morgan fingerprint density at radius 3 is 2.58 bits per heavy atom. The molecule has 1 aliphatic carbocycles. The molecule has 0 radical (unpaired) electrons. The zero-order chi connectivity index (χ0) is 18.6. The number of aromatic nitrogens is 1. The highest BCUT2D eigenvalue weighted by Crippen LogP contribution is 2.22.